The van der Waals surface area contributed by atoms with E-state index in [4.69, 9.17) is 0 Å². The van der Waals surface area contributed by atoms with Gasteiger partial charge in [-0.3, -0.25) is 4.79 Å². The van der Waals surface area contributed by atoms with Gasteiger partial charge in [0.2, 0.25) is 0 Å². The number of carbonyl (C=O) groups excluding carboxylic acids is 1. The largest absolute Gasteiger partial charge is 0.300 e. The molecule has 9 heavy (non-hydrogen) atoms. The van der Waals surface area contributed by atoms with Crippen LogP contribution in [0.5, 0.6) is 0 Å². The molecule has 1 aliphatic rings. The zero-order chi connectivity index (χ0) is 6.69. The number of aldehydes is 1. The number of rotatable bonds is 1. The fraction of sp³-hybridized carbons (Fsp3) is 0.500. The monoisotopic (exact) mass is 128 g/mol. The fourth-order valence-corrected chi connectivity index (χ4v) is 0.623. The van der Waals surface area contributed by atoms with E-state index < -0.39 is 6.10 Å². The predicted molar refractivity (Wildman–Crippen MR) is 30.6 cm³/mol. The Kier molecular flexibility index (Phi) is 1.97. The molecule has 0 aromatic carbocycles. The third-order valence-electron chi connectivity index (χ3n) is 1.20. The van der Waals surface area contributed by atoms with Gasteiger partial charge in [0.1, 0.15) is 0 Å². The molecule has 1 aliphatic heterocycles. The Hall–Kier alpha value is -0.670. The van der Waals surface area contributed by atoms with Crippen molar-refractivity contribution < 1.29 is 14.6 Å². The highest BCUT2D eigenvalue weighted by molar-refractivity contribution is 5.61. The van der Waals surface area contributed by atoms with Crippen molar-refractivity contribution >= 4 is 6.29 Å². The van der Waals surface area contributed by atoms with Crippen LogP contribution in [0.2, 0.25) is 0 Å². The molecule has 0 bridgehead atoms. The minimum Gasteiger partial charge on any atom is -0.300 e. The molecule has 0 aromatic rings. The number of carbonyl (C=O) groups is 1. The lowest BCUT2D eigenvalue weighted by atomic mass is 10.1. The Morgan fingerprint density at radius 2 is 2.56 bits per heavy atom. The second-order valence-corrected chi connectivity index (χ2v) is 1.88. The standard InChI is InChI=1S/C6H8O3/c1-5-2-3-8-9-6(5)4-7/h4,6H,1-3H2. The topological polar surface area (TPSA) is 35.5 Å². The van der Waals surface area contributed by atoms with Crippen LogP contribution in [0.1, 0.15) is 6.42 Å². The molecule has 0 saturated carbocycles. The Morgan fingerprint density at radius 1 is 1.78 bits per heavy atom. The van der Waals surface area contributed by atoms with Gasteiger partial charge in [0.05, 0.1) is 6.61 Å². The van der Waals surface area contributed by atoms with Crippen LogP contribution in [0.15, 0.2) is 12.2 Å². The maximum absolute atomic E-state index is 10.1. The first kappa shape index (κ1) is 6.45. The zero-order valence-electron chi connectivity index (χ0n) is 5.00. The minimum absolute atomic E-state index is 0.503. The second kappa shape index (κ2) is 2.75. The van der Waals surface area contributed by atoms with Crippen molar-refractivity contribution in [2.45, 2.75) is 12.5 Å². The van der Waals surface area contributed by atoms with E-state index in [1.165, 1.54) is 0 Å². The normalized spacial score (nSPS) is 28.0. The molecule has 1 saturated heterocycles. The maximum atomic E-state index is 10.1. The summed E-state index contributed by atoms with van der Waals surface area (Å²) in [5.74, 6) is 0. The van der Waals surface area contributed by atoms with Crippen molar-refractivity contribution in [2.75, 3.05) is 6.61 Å². The molecule has 0 aliphatic carbocycles. The first-order valence-electron chi connectivity index (χ1n) is 2.76. The van der Waals surface area contributed by atoms with Gasteiger partial charge in [-0.15, -0.1) is 0 Å². The maximum Gasteiger partial charge on any atom is 0.169 e. The van der Waals surface area contributed by atoms with Crippen LogP contribution in [-0.2, 0) is 14.6 Å². The van der Waals surface area contributed by atoms with E-state index in [0.717, 1.165) is 5.57 Å². The third kappa shape index (κ3) is 1.37. The summed E-state index contributed by atoms with van der Waals surface area (Å²) in [6, 6.07) is 0. The lowest BCUT2D eigenvalue weighted by Gasteiger charge is -2.18. The summed E-state index contributed by atoms with van der Waals surface area (Å²) in [4.78, 5) is 19.2. The van der Waals surface area contributed by atoms with Crippen LogP contribution in [0.25, 0.3) is 0 Å². The zero-order valence-corrected chi connectivity index (χ0v) is 5.00. The molecule has 1 rings (SSSR count). The predicted octanol–water partition coefficient (Wildman–Crippen LogP) is 0.462. The van der Waals surface area contributed by atoms with Crippen molar-refractivity contribution in [3.05, 3.63) is 12.2 Å². The van der Waals surface area contributed by atoms with Gasteiger partial charge in [-0.2, -0.15) is 0 Å². The Morgan fingerprint density at radius 3 is 3.00 bits per heavy atom. The third-order valence-corrected chi connectivity index (χ3v) is 1.20. The average molecular weight is 128 g/mol. The lowest BCUT2D eigenvalue weighted by molar-refractivity contribution is -0.319. The van der Waals surface area contributed by atoms with Gasteiger partial charge in [0, 0.05) is 0 Å². The summed E-state index contributed by atoms with van der Waals surface area (Å²) in [6.07, 6.45) is 0.851. The van der Waals surface area contributed by atoms with E-state index >= 15 is 0 Å². The second-order valence-electron chi connectivity index (χ2n) is 1.88. The van der Waals surface area contributed by atoms with Crippen molar-refractivity contribution in [1.82, 2.24) is 0 Å². The lowest BCUT2D eigenvalue weighted by Crippen LogP contribution is -2.23. The molecule has 1 fully saturated rings. The molecule has 1 heterocycles. The molecule has 1 atom stereocenters. The molecule has 0 amide bonds. The summed E-state index contributed by atoms with van der Waals surface area (Å²) in [5.41, 5.74) is 0.788. The summed E-state index contributed by atoms with van der Waals surface area (Å²) in [5, 5.41) is 0. The van der Waals surface area contributed by atoms with Crippen molar-refractivity contribution in [3.63, 3.8) is 0 Å². The Labute approximate surface area is 53.2 Å². The van der Waals surface area contributed by atoms with Crippen molar-refractivity contribution in [3.8, 4) is 0 Å². The van der Waals surface area contributed by atoms with Gasteiger partial charge in [-0.1, -0.05) is 6.58 Å². The molecule has 50 valence electrons. The van der Waals surface area contributed by atoms with E-state index in [-0.39, 0.29) is 0 Å². The fourth-order valence-electron chi connectivity index (χ4n) is 0.623. The van der Waals surface area contributed by atoms with E-state index in [1.807, 2.05) is 0 Å². The summed E-state index contributed by atoms with van der Waals surface area (Å²) < 4.78 is 0. The van der Waals surface area contributed by atoms with Crippen LogP contribution in [0.3, 0.4) is 0 Å². The highest BCUT2D eigenvalue weighted by Crippen LogP contribution is 2.12. The van der Waals surface area contributed by atoms with Crippen LogP contribution >= 0.6 is 0 Å². The number of hydrogen-bond donors (Lipinski definition) is 0. The quantitative estimate of drug-likeness (QED) is 0.292. The van der Waals surface area contributed by atoms with E-state index in [9.17, 15) is 4.79 Å². The van der Waals surface area contributed by atoms with Crippen LogP contribution < -0.4 is 0 Å². The molecule has 3 heteroatoms. The van der Waals surface area contributed by atoms with Crippen molar-refractivity contribution in [2.24, 2.45) is 0 Å². The average Bonchev–Trinajstić information content (AvgIpc) is 1.89. The summed E-state index contributed by atoms with van der Waals surface area (Å²) in [6.45, 7) is 4.13. The van der Waals surface area contributed by atoms with Gasteiger partial charge in [-0.05, 0) is 12.0 Å². The molecule has 1 unspecified atom stereocenters. The van der Waals surface area contributed by atoms with Gasteiger partial charge in [-0.25, -0.2) is 9.78 Å². The van der Waals surface area contributed by atoms with E-state index in [1.54, 1.807) is 0 Å². The minimum atomic E-state index is -0.543. The first-order chi connectivity index (χ1) is 4.34. The van der Waals surface area contributed by atoms with Gasteiger partial charge in [0.25, 0.3) is 0 Å². The number of hydrogen-bond acceptors (Lipinski definition) is 3. The van der Waals surface area contributed by atoms with Crippen LogP contribution in [-0.4, -0.2) is 19.0 Å². The van der Waals surface area contributed by atoms with Gasteiger partial charge >= 0.3 is 0 Å². The SMILES string of the molecule is C=C1CCOOC1C=O. The highest BCUT2D eigenvalue weighted by Gasteiger charge is 2.17. The van der Waals surface area contributed by atoms with E-state index in [2.05, 4.69) is 16.4 Å². The molecule has 0 spiro atoms. The Bertz CT molecular complexity index is 130. The summed E-state index contributed by atoms with van der Waals surface area (Å²) in [7, 11) is 0. The molecule has 3 nitrogen and oxygen atoms in total. The van der Waals surface area contributed by atoms with Gasteiger partial charge < -0.3 is 0 Å². The smallest absolute Gasteiger partial charge is 0.169 e. The van der Waals surface area contributed by atoms with E-state index in [0.29, 0.717) is 19.3 Å². The molecule has 0 radical (unpaired) electrons. The molecular formula is C6H8O3. The molecule has 0 aromatic heterocycles. The van der Waals surface area contributed by atoms with Gasteiger partial charge in [0.15, 0.2) is 12.4 Å². The Balaban J connectivity index is 2.48. The first-order valence-corrected chi connectivity index (χ1v) is 2.76. The molecule has 0 N–H and O–H groups in total. The highest BCUT2D eigenvalue weighted by atomic mass is 17.2. The molecular weight excluding hydrogens is 120 g/mol. The van der Waals surface area contributed by atoms with Crippen molar-refractivity contribution in [1.29, 1.82) is 0 Å². The van der Waals surface area contributed by atoms with Crippen LogP contribution in [0, 0.1) is 0 Å². The van der Waals surface area contributed by atoms with Crippen LogP contribution in [0.4, 0.5) is 0 Å². The summed E-state index contributed by atoms with van der Waals surface area (Å²) >= 11 is 0.